The van der Waals surface area contributed by atoms with Gasteiger partial charge in [-0.1, -0.05) is 32.0 Å². The molecule has 1 aromatic rings. The Morgan fingerprint density at radius 3 is 2.50 bits per heavy atom. The Hall–Kier alpha value is -1.16. The lowest BCUT2D eigenvalue weighted by atomic mass is 9.97. The SMILES string of the molecule is CCc1cccc2c1C(=O)OC2(CC)P(=O)(O)O. The molecule has 0 aromatic heterocycles. The van der Waals surface area contributed by atoms with Crippen molar-refractivity contribution < 1.29 is 23.9 Å². The van der Waals surface area contributed by atoms with Gasteiger partial charge in [-0.15, -0.1) is 0 Å². The fourth-order valence-electron chi connectivity index (χ4n) is 2.41. The fraction of sp³-hybridized carbons (Fsp3) is 0.417. The van der Waals surface area contributed by atoms with Gasteiger partial charge >= 0.3 is 13.6 Å². The highest BCUT2D eigenvalue weighted by molar-refractivity contribution is 7.53. The van der Waals surface area contributed by atoms with Crippen LogP contribution < -0.4 is 0 Å². The van der Waals surface area contributed by atoms with Gasteiger partial charge in [0.1, 0.15) is 0 Å². The molecule has 0 fully saturated rings. The minimum atomic E-state index is -4.59. The maximum absolute atomic E-state index is 11.9. The molecular weight excluding hydrogens is 255 g/mol. The zero-order chi connectivity index (χ0) is 13.6. The Morgan fingerprint density at radius 2 is 2.00 bits per heavy atom. The molecule has 6 heteroatoms. The summed E-state index contributed by atoms with van der Waals surface area (Å²) in [7, 11) is -4.59. The highest BCUT2D eigenvalue weighted by atomic mass is 31.2. The average Bonchev–Trinajstić information content (AvgIpc) is 2.63. The number of esters is 1. The van der Waals surface area contributed by atoms with E-state index in [0.29, 0.717) is 17.5 Å². The molecule has 0 aliphatic carbocycles. The Bertz CT molecular complexity index is 547. The second-order valence-electron chi connectivity index (χ2n) is 4.26. The fourth-order valence-corrected chi connectivity index (χ4v) is 3.52. The number of cyclic esters (lactones) is 1. The third-order valence-corrected chi connectivity index (χ3v) is 4.96. The maximum Gasteiger partial charge on any atom is 0.373 e. The number of hydrogen-bond donors (Lipinski definition) is 2. The summed E-state index contributed by atoms with van der Waals surface area (Å²) in [6.45, 7) is 3.48. The molecule has 1 atom stereocenters. The number of aryl methyl sites for hydroxylation is 1. The van der Waals surface area contributed by atoms with Crippen LogP contribution in [0, 0.1) is 0 Å². The summed E-state index contributed by atoms with van der Waals surface area (Å²) in [6.07, 6.45) is 0.655. The normalized spacial score (nSPS) is 22.8. The van der Waals surface area contributed by atoms with E-state index in [1.165, 1.54) is 0 Å². The maximum atomic E-state index is 11.9. The standard InChI is InChI=1S/C12H15O5P/c1-3-8-6-5-7-9-10(8)11(13)17-12(9,4-2)18(14,15)16/h5-7H,3-4H2,1-2H3,(H2,14,15,16). The number of carbonyl (C=O) groups excluding carboxylic acids is 1. The minimum absolute atomic E-state index is 0.0448. The lowest BCUT2D eigenvalue weighted by Crippen LogP contribution is -2.25. The molecule has 0 spiro atoms. The van der Waals surface area contributed by atoms with Crippen molar-refractivity contribution in [1.82, 2.24) is 0 Å². The quantitative estimate of drug-likeness (QED) is 0.649. The van der Waals surface area contributed by atoms with Crippen LogP contribution in [0.25, 0.3) is 0 Å². The van der Waals surface area contributed by atoms with Crippen molar-refractivity contribution in [1.29, 1.82) is 0 Å². The number of hydrogen-bond acceptors (Lipinski definition) is 3. The first kappa shape index (κ1) is 13.3. The van der Waals surface area contributed by atoms with Gasteiger partial charge in [0, 0.05) is 12.0 Å². The molecule has 1 aliphatic heterocycles. The van der Waals surface area contributed by atoms with Gasteiger partial charge in [0.2, 0.25) is 5.34 Å². The summed E-state index contributed by atoms with van der Waals surface area (Å²) in [5, 5.41) is -1.81. The van der Waals surface area contributed by atoms with Crippen molar-refractivity contribution in [2.24, 2.45) is 0 Å². The van der Waals surface area contributed by atoms with Crippen LogP contribution in [0.3, 0.4) is 0 Å². The van der Waals surface area contributed by atoms with Crippen molar-refractivity contribution in [2.45, 2.75) is 32.0 Å². The van der Waals surface area contributed by atoms with E-state index in [1.807, 2.05) is 6.92 Å². The summed E-state index contributed by atoms with van der Waals surface area (Å²) < 4.78 is 16.8. The molecule has 1 heterocycles. The van der Waals surface area contributed by atoms with Crippen LogP contribution in [0.4, 0.5) is 0 Å². The predicted molar refractivity (Wildman–Crippen MR) is 65.2 cm³/mol. The molecule has 18 heavy (non-hydrogen) atoms. The molecule has 2 N–H and O–H groups in total. The van der Waals surface area contributed by atoms with E-state index in [-0.39, 0.29) is 6.42 Å². The summed E-state index contributed by atoms with van der Waals surface area (Å²) in [5.41, 5.74) is 1.37. The number of benzene rings is 1. The second-order valence-corrected chi connectivity index (χ2v) is 6.08. The highest BCUT2D eigenvalue weighted by Gasteiger charge is 2.57. The molecule has 0 amide bonds. The minimum Gasteiger partial charge on any atom is -0.437 e. The van der Waals surface area contributed by atoms with E-state index in [4.69, 9.17) is 4.74 Å². The first-order valence-corrected chi connectivity index (χ1v) is 7.40. The van der Waals surface area contributed by atoms with E-state index in [2.05, 4.69) is 0 Å². The van der Waals surface area contributed by atoms with Crippen LogP contribution in [-0.4, -0.2) is 15.8 Å². The van der Waals surface area contributed by atoms with Gasteiger partial charge in [-0.05, 0) is 12.0 Å². The van der Waals surface area contributed by atoms with Gasteiger partial charge < -0.3 is 14.5 Å². The first-order valence-electron chi connectivity index (χ1n) is 5.78. The van der Waals surface area contributed by atoms with Crippen molar-refractivity contribution in [2.75, 3.05) is 0 Å². The zero-order valence-electron chi connectivity index (χ0n) is 10.2. The molecule has 0 bridgehead atoms. The third kappa shape index (κ3) is 1.62. The Labute approximate surface area is 105 Å². The van der Waals surface area contributed by atoms with Crippen molar-refractivity contribution >= 4 is 13.6 Å². The van der Waals surface area contributed by atoms with Gasteiger partial charge in [0.25, 0.3) is 0 Å². The molecule has 2 rings (SSSR count). The molecule has 0 radical (unpaired) electrons. The van der Waals surface area contributed by atoms with Gasteiger partial charge in [-0.25, -0.2) is 4.79 Å². The molecule has 0 saturated carbocycles. The summed E-state index contributed by atoms with van der Waals surface area (Å²) in [5.74, 6) is -0.646. The van der Waals surface area contributed by atoms with E-state index in [1.54, 1.807) is 25.1 Å². The van der Waals surface area contributed by atoms with Crippen LogP contribution >= 0.6 is 7.60 Å². The smallest absolute Gasteiger partial charge is 0.373 e. The van der Waals surface area contributed by atoms with Gasteiger partial charge in [0.05, 0.1) is 5.56 Å². The first-order chi connectivity index (χ1) is 8.37. The summed E-state index contributed by atoms with van der Waals surface area (Å²) in [4.78, 5) is 31.0. The lowest BCUT2D eigenvalue weighted by molar-refractivity contribution is 0.0150. The predicted octanol–water partition coefficient (Wildman–Crippen LogP) is 2.16. The molecular formula is C12H15O5P. The van der Waals surface area contributed by atoms with E-state index >= 15 is 0 Å². The summed E-state index contributed by atoms with van der Waals surface area (Å²) in [6, 6.07) is 5.02. The number of fused-ring (bicyclic) bond motifs is 1. The van der Waals surface area contributed by atoms with Gasteiger partial charge in [-0.2, -0.15) is 0 Å². The third-order valence-electron chi connectivity index (χ3n) is 3.37. The highest BCUT2D eigenvalue weighted by Crippen LogP contribution is 2.63. The van der Waals surface area contributed by atoms with Gasteiger partial charge in [0.15, 0.2) is 0 Å². The monoisotopic (exact) mass is 270 g/mol. The summed E-state index contributed by atoms with van der Waals surface area (Å²) >= 11 is 0. The van der Waals surface area contributed by atoms with Crippen LogP contribution in [0.2, 0.25) is 0 Å². The van der Waals surface area contributed by atoms with Gasteiger partial charge in [-0.3, -0.25) is 4.57 Å². The largest absolute Gasteiger partial charge is 0.437 e. The zero-order valence-corrected chi connectivity index (χ0v) is 11.1. The van der Waals surface area contributed by atoms with E-state index in [9.17, 15) is 19.1 Å². The van der Waals surface area contributed by atoms with Crippen LogP contribution in [0.15, 0.2) is 18.2 Å². The average molecular weight is 270 g/mol. The van der Waals surface area contributed by atoms with Crippen molar-refractivity contribution in [3.05, 3.63) is 34.9 Å². The second kappa shape index (κ2) is 4.19. The van der Waals surface area contributed by atoms with Crippen LogP contribution in [-0.2, 0) is 21.1 Å². The molecule has 1 aromatic carbocycles. The lowest BCUT2D eigenvalue weighted by Gasteiger charge is -2.28. The van der Waals surface area contributed by atoms with Crippen LogP contribution in [0.1, 0.15) is 41.8 Å². The molecule has 98 valence electrons. The number of rotatable bonds is 3. The van der Waals surface area contributed by atoms with E-state index < -0.39 is 18.9 Å². The van der Waals surface area contributed by atoms with Crippen LogP contribution in [0.5, 0.6) is 0 Å². The molecule has 1 unspecified atom stereocenters. The Morgan fingerprint density at radius 1 is 1.33 bits per heavy atom. The van der Waals surface area contributed by atoms with E-state index in [0.717, 1.165) is 5.56 Å². The van der Waals surface area contributed by atoms with Crippen molar-refractivity contribution in [3.63, 3.8) is 0 Å². The number of carbonyl (C=O) groups is 1. The topological polar surface area (TPSA) is 83.8 Å². The molecule has 5 nitrogen and oxygen atoms in total. The molecule has 1 aliphatic rings. The van der Waals surface area contributed by atoms with Crippen molar-refractivity contribution in [3.8, 4) is 0 Å². The molecule has 0 saturated heterocycles. The Kier molecular flexibility index (Phi) is 3.09. The number of ether oxygens (including phenoxy) is 1. The Balaban J connectivity index is 2.75.